The van der Waals surface area contributed by atoms with Gasteiger partial charge in [-0.2, -0.15) is 0 Å². The Morgan fingerprint density at radius 3 is 1.56 bits per heavy atom. The molecule has 0 amide bonds. The van der Waals surface area contributed by atoms with Gasteiger partial charge in [-0.05, 0) is 0 Å². The summed E-state index contributed by atoms with van der Waals surface area (Å²) in [6.07, 6.45) is 2.17. The molecular formula is C4H2CaNaO3. The molecule has 0 N–H and O–H groups in total. The van der Waals surface area contributed by atoms with Crippen molar-refractivity contribution in [2.24, 2.45) is 0 Å². The van der Waals surface area contributed by atoms with E-state index >= 15 is 0 Å². The van der Waals surface area contributed by atoms with Crippen LogP contribution in [0.5, 0.6) is 0 Å². The Hall–Kier alpha value is 1.14. The van der Waals surface area contributed by atoms with Crippen molar-refractivity contribution in [1.82, 2.24) is 0 Å². The van der Waals surface area contributed by atoms with Crippen molar-refractivity contribution in [3.63, 3.8) is 0 Å². The minimum atomic E-state index is -0.579. The number of carbonyl (C=O) groups excluding carboxylic acids is 2. The summed E-state index contributed by atoms with van der Waals surface area (Å²) in [5.74, 6) is -1.16. The minimum Gasteiger partial charge on any atom is -0.387 e. The molecule has 0 aromatic heterocycles. The van der Waals surface area contributed by atoms with Gasteiger partial charge in [0.25, 0.3) is 0 Å². The molecule has 1 aliphatic heterocycles. The standard InChI is InChI=1S/C4H2O3.Ca.Na/c5-3-1-2-4(6)7-3;;/h1-2H;;. The molecule has 0 spiro atoms. The quantitative estimate of drug-likeness (QED) is 0.256. The van der Waals surface area contributed by atoms with Crippen LogP contribution in [-0.4, -0.2) is 79.2 Å². The van der Waals surface area contributed by atoms with Gasteiger partial charge >= 0.3 is 11.9 Å². The van der Waals surface area contributed by atoms with Crippen LogP contribution < -0.4 is 0 Å². The van der Waals surface area contributed by atoms with Crippen LogP contribution in [0.1, 0.15) is 0 Å². The molecule has 5 heteroatoms. The number of ether oxygens (including phenoxy) is 1. The van der Waals surface area contributed by atoms with Crippen LogP contribution in [0.4, 0.5) is 0 Å². The third-order valence-corrected chi connectivity index (χ3v) is 0.557. The van der Waals surface area contributed by atoms with Gasteiger partial charge in [0, 0.05) is 79.4 Å². The van der Waals surface area contributed by atoms with Gasteiger partial charge in [-0.25, -0.2) is 9.59 Å². The predicted octanol–water partition coefficient (Wildman–Crippen LogP) is -1.14. The minimum absolute atomic E-state index is 0. The number of esters is 2. The Kier molecular flexibility index (Phi) is 8.37. The van der Waals surface area contributed by atoms with Crippen LogP contribution in [0.2, 0.25) is 0 Å². The maximum atomic E-state index is 9.92. The molecule has 0 unspecified atom stereocenters. The van der Waals surface area contributed by atoms with Crippen LogP contribution in [0.25, 0.3) is 0 Å². The number of carbonyl (C=O) groups is 2. The molecule has 0 bridgehead atoms. The van der Waals surface area contributed by atoms with Crippen molar-refractivity contribution in [1.29, 1.82) is 0 Å². The van der Waals surface area contributed by atoms with E-state index in [1.54, 1.807) is 0 Å². The predicted molar refractivity (Wildman–Crippen MR) is 31.7 cm³/mol. The van der Waals surface area contributed by atoms with Gasteiger partial charge < -0.3 is 4.74 Å². The van der Waals surface area contributed by atoms with Crippen molar-refractivity contribution >= 4 is 79.2 Å². The van der Waals surface area contributed by atoms with Crippen LogP contribution >= 0.6 is 0 Å². The first-order valence-corrected chi connectivity index (χ1v) is 1.73. The molecule has 0 aromatic rings. The van der Waals surface area contributed by atoms with Crippen molar-refractivity contribution in [3.05, 3.63) is 12.2 Å². The third kappa shape index (κ3) is 4.53. The fourth-order valence-electron chi connectivity index (χ4n) is 0.303. The molecule has 0 saturated heterocycles. The van der Waals surface area contributed by atoms with Gasteiger partial charge in [-0.3, -0.25) is 0 Å². The molecule has 0 aromatic carbocycles. The molecule has 1 heterocycles. The Labute approximate surface area is 104 Å². The Bertz CT molecular complexity index is 138. The Morgan fingerprint density at radius 1 is 1.11 bits per heavy atom. The summed E-state index contributed by atoms with van der Waals surface area (Å²) < 4.78 is 3.97. The zero-order chi connectivity index (χ0) is 5.28. The summed E-state index contributed by atoms with van der Waals surface area (Å²) in [5.41, 5.74) is 0. The summed E-state index contributed by atoms with van der Waals surface area (Å²) in [6, 6.07) is 0. The maximum Gasteiger partial charge on any atom is 0.338 e. The second kappa shape index (κ2) is 5.89. The maximum absolute atomic E-state index is 9.92. The van der Waals surface area contributed by atoms with E-state index < -0.39 is 11.9 Å². The van der Waals surface area contributed by atoms with Crippen LogP contribution in [0, 0.1) is 0 Å². The number of rotatable bonds is 0. The van der Waals surface area contributed by atoms with Gasteiger partial charge in [-0.15, -0.1) is 0 Å². The largest absolute Gasteiger partial charge is 0.387 e. The summed E-state index contributed by atoms with van der Waals surface area (Å²) in [4.78, 5) is 19.8. The normalized spacial score (nSPS) is 13.8. The molecule has 0 aliphatic carbocycles. The van der Waals surface area contributed by atoms with E-state index in [9.17, 15) is 9.59 Å². The average Bonchev–Trinajstić information content (AvgIpc) is 1.87. The van der Waals surface area contributed by atoms with Gasteiger partial charge in [-0.1, -0.05) is 0 Å². The van der Waals surface area contributed by atoms with E-state index in [0.29, 0.717) is 0 Å². The van der Waals surface area contributed by atoms with Gasteiger partial charge in [0.1, 0.15) is 0 Å². The first-order valence-electron chi connectivity index (χ1n) is 1.73. The third-order valence-electron chi connectivity index (χ3n) is 0.557. The summed E-state index contributed by atoms with van der Waals surface area (Å²) in [7, 11) is 0. The fourth-order valence-corrected chi connectivity index (χ4v) is 0.303. The monoisotopic (exact) mass is 161 g/mol. The summed E-state index contributed by atoms with van der Waals surface area (Å²) >= 11 is 0. The Morgan fingerprint density at radius 2 is 1.44 bits per heavy atom. The molecule has 0 saturated carbocycles. The molecule has 1 rings (SSSR count). The first-order chi connectivity index (χ1) is 3.29. The zero-order valence-electron chi connectivity index (χ0n) is 5.09. The number of hydrogen-bond donors (Lipinski definition) is 0. The van der Waals surface area contributed by atoms with E-state index in [1.807, 2.05) is 0 Å². The molecule has 3 radical (unpaired) electrons. The average molecular weight is 161 g/mol. The molecule has 9 heavy (non-hydrogen) atoms. The van der Waals surface area contributed by atoms with Crippen LogP contribution in [-0.2, 0) is 14.3 Å². The van der Waals surface area contributed by atoms with E-state index in [1.165, 1.54) is 0 Å². The molecular weight excluding hydrogens is 159 g/mol. The van der Waals surface area contributed by atoms with Crippen LogP contribution in [0.15, 0.2) is 12.2 Å². The van der Waals surface area contributed by atoms with E-state index in [4.69, 9.17) is 0 Å². The second-order valence-electron chi connectivity index (χ2n) is 1.07. The fraction of sp³-hybridized carbons (Fsp3) is 0. The summed E-state index contributed by atoms with van der Waals surface area (Å²) in [5, 5.41) is 0. The SMILES string of the molecule is O=C1C=CC(=O)O1.[Ca].[Na]. The molecule has 3 nitrogen and oxygen atoms in total. The number of cyclic esters (lactones) is 2. The smallest absolute Gasteiger partial charge is 0.338 e. The van der Waals surface area contributed by atoms with E-state index in [0.717, 1.165) is 12.2 Å². The van der Waals surface area contributed by atoms with Crippen molar-refractivity contribution in [3.8, 4) is 0 Å². The van der Waals surface area contributed by atoms with Gasteiger partial charge in [0.2, 0.25) is 0 Å². The first kappa shape index (κ1) is 12.8. The van der Waals surface area contributed by atoms with Gasteiger partial charge in [0.15, 0.2) is 0 Å². The van der Waals surface area contributed by atoms with E-state index in [2.05, 4.69) is 4.74 Å². The van der Waals surface area contributed by atoms with Crippen molar-refractivity contribution in [2.45, 2.75) is 0 Å². The van der Waals surface area contributed by atoms with Crippen LogP contribution in [0.3, 0.4) is 0 Å². The molecule has 1 aliphatic rings. The molecule has 0 fully saturated rings. The molecule has 39 valence electrons. The summed E-state index contributed by atoms with van der Waals surface area (Å²) in [6.45, 7) is 0. The topological polar surface area (TPSA) is 43.4 Å². The van der Waals surface area contributed by atoms with E-state index in [-0.39, 0.29) is 67.3 Å². The number of hydrogen-bond acceptors (Lipinski definition) is 3. The van der Waals surface area contributed by atoms with Crippen molar-refractivity contribution in [2.75, 3.05) is 0 Å². The van der Waals surface area contributed by atoms with Crippen molar-refractivity contribution < 1.29 is 14.3 Å². The Balaban J connectivity index is 0. The molecule has 0 atom stereocenters. The zero-order valence-corrected chi connectivity index (χ0v) is 9.29. The van der Waals surface area contributed by atoms with Gasteiger partial charge in [0.05, 0.1) is 0 Å². The second-order valence-corrected chi connectivity index (χ2v) is 1.07.